The molecule has 0 aliphatic heterocycles. The molecule has 0 radical (unpaired) electrons. The molecule has 1 aromatic rings. The number of hydrogen-bond acceptors (Lipinski definition) is 5. The zero-order valence-corrected chi connectivity index (χ0v) is 12.2. The number of rotatable bonds is 8. The van der Waals surface area contributed by atoms with E-state index in [1.165, 1.54) is 23.9 Å². The van der Waals surface area contributed by atoms with Gasteiger partial charge in [0.05, 0.1) is 6.54 Å². The molecule has 21 heavy (non-hydrogen) atoms. The second kappa shape index (κ2) is 8.20. The zero-order valence-electron chi connectivity index (χ0n) is 11.4. The first-order valence-corrected chi connectivity index (χ1v) is 7.48. The van der Waals surface area contributed by atoms with Crippen molar-refractivity contribution in [3.63, 3.8) is 0 Å². The number of nitrogens with two attached hydrogens (primary N) is 1. The van der Waals surface area contributed by atoms with Crippen LogP contribution in [0.15, 0.2) is 16.5 Å². The summed E-state index contributed by atoms with van der Waals surface area (Å²) in [5, 5.41) is 13.6. The first-order valence-electron chi connectivity index (χ1n) is 6.08. The maximum atomic E-state index is 11.9. The number of hydrogen-bond donors (Lipinski definition) is 4. The summed E-state index contributed by atoms with van der Waals surface area (Å²) in [5.74, 6) is -0.795. The van der Waals surface area contributed by atoms with Crippen molar-refractivity contribution in [1.29, 1.82) is 0 Å². The molecule has 0 saturated heterocycles. The van der Waals surface area contributed by atoms with Crippen LogP contribution in [0.3, 0.4) is 0 Å². The Morgan fingerprint density at radius 3 is 2.67 bits per heavy atom. The molecular weight excluding hydrogens is 298 g/mol. The van der Waals surface area contributed by atoms with Crippen LogP contribution in [0.5, 0.6) is 0 Å². The average Bonchev–Trinajstić information content (AvgIpc) is 2.89. The number of carbonyl (C=O) groups is 3. The summed E-state index contributed by atoms with van der Waals surface area (Å²) in [4.78, 5) is 33.5. The first kappa shape index (κ1) is 16.9. The smallest absolute Gasteiger partial charge is 0.371 e. The quantitative estimate of drug-likeness (QED) is 0.548. The number of amides is 3. The molecular formula is C12H17N3O5S. The summed E-state index contributed by atoms with van der Waals surface area (Å²) < 4.78 is 5.01. The minimum Gasteiger partial charge on any atom is -0.475 e. The second-order valence-electron chi connectivity index (χ2n) is 4.13. The molecule has 1 aromatic heterocycles. The fourth-order valence-electron chi connectivity index (χ4n) is 1.56. The predicted octanol–water partition coefficient (Wildman–Crippen LogP) is 0.384. The highest BCUT2D eigenvalue weighted by Gasteiger charge is 2.19. The van der Waals surface area contributed by atoms with Gasteiger partial charge in [0.1, 0.15) is 11.8 Å². The van der Waals surface area contributed by atoms with E-state index >= 15 is 0 Å². The molecule has 1 heterocycles. The topological polar surface area (TPSA) is 135 Å². The largest absolute Gasteiger partial charge is 0.475 e. The van der Waals surface area contributed by atoms with E-state index in [2.05, 4.69) is 10.6 Å². The molecule has 0 bridgehead atoms. The number of nitrogens with one attached hydrogen (secondary N) is 2. The Balaban J connectivity index is 2.55. The molecule has 116 valence electrons. The van der Waals surface area contributed by atoms with E-state index in [0.29, 0.717) is 17.9 Å². The lowest BCUT2D eigenvalue weighted by Crippen LogP contribution is -2.48. The third-order valence-electron chi connectivity index (χ3n) is 2.55. The number of furan rings is 1. The van der Waals surface area contributed by atoms with Gasteiger partial charge in [-0.05, 0) is 30.6 Å². The lowest BCUT2D eigenvalue weighted by molar-refractivity contribution is -0.123. The summed E-state index contributed by atoms with van der Waals surface area (Å²) in [7, 11) is 0. The highest BCUT2D eigenvalue weighted by Crippen LogP contribution is 2.08. The van der Waals surface area contributed by atoms with Gasteiger partial charge in [-0.3, -0.25) is 4.79 Å². The molecule has 0 spiro atoms. The Morgan fingerprint density at radius 2 is 2.14 bits per heavy atom. The van der Waals surface area contributed by atoms with Crippen molar-refractivity contribution in [2.75, 3.05) is 12.0 Å². The third-order valence-corrected chi connectivity index (χ3v) is 3.20. The minimum absolute atomic E-state index is 0.0301. The number of thioether (sulfide) groups is 1. The maximum Gasteiger partial charge on any atom is 0.371 e. The van der Waals surface area contributed by atoms with Crippen LogP contribution in [0.1, 0.15) is 22.7 Å². The monoisotopic (exact) mass is 315 g/mol. The van der Waals surface area contributed by atoms with E-state index in [-0.39, 0.29) is 12.3 Å². The van der Waals surface area contributed by atoms with Gasteiger partial charge in [-0.1, -0.05) is 0 Å². The summed E-state index contributed by atoms with van der Waals surface area (Å²) in [5.41, 5.74) is 5.03. The number of primary amides is 1. The summed E-state index contributed by atoms with van der Waals surface area (Å²) in [6.07, 6.45) is 2.32. The molecule has 8 nitrogen and oxygen atoms in total. The van der Waals surface area contributed by atoms with Gasteiger partial charge in [0.15, 0.2) is 0 Å². The van der Waals surface area contributed by atoms with Gasteiger partial charge in [-0.2, -0.15) is 11.8 Å². The molecule has 1 rings (SSSR count). The van der Waals surface area contributed by atoms with Gasteiger partial charge < -0.3 is 25.9 Å². The van der Waals surface area contributed by atoms with Crippen LogP contribution in [0.25, 0.3) is 0 Å². The van der Waals surface area contributed by atoms with Crippen molar-refractivity contribution < 1.29 is 23.9 Å². The van der Waals surface area contributed by atoms with Gasteiger partial charge in [0.25, 0.3) is 0 Å². The molecule has 1 unspecified atom stereocenters. The Morgan fingerprint density at radius 1 is 1.43 bits per heavy atom. The Bertz CT molecular complexity index is 517. The van der Waals surface area contributed by atoms with Crippen LogP contribution in [0.2, 0.25) is 0 Å². The van der Waals surface area contributed by atoms with Gasteiger partial charge in [-0.25, -0.2) is 9.59 Å². The highest BCUT2D eigenvalue weighted by atomic mass is 32.2. The third kappa shape index (κ3) is 5.78. The van der Waals surface area contributed by atoms with Gasteiger partial charge in [-0.15, -0.1) is 0 Å². The van der Waals surface area contributed by atoms with Gasteiger partial charge in [0.2, 0.25) is 11.7 Å². The molecule has 5 N–H and O–H groups in total. The van der Waals surface area contributed by atoms with Crippen molar-refractivity contribution in [3.05, 3.63) is 23.7 Å². The molecule has 0 fully saturated rings. The number of carboxylic acids is 1. The van der Waals surface area contributed by atoms with Crippen LogP contribution < -0.4 is 16.4 Å². The maximum absolute atomic E-state index is 11.9. The number of aromatic carboxylic acids is 1. The minimum atomic E-state index is -1.18. The average molecular weight is 315 g/mol. The van der Waals surface area contributed by atoms with Crippen molar-refractivity contribution in [3.8, 4) is 0 Å². The van der Waals surface area contributed by atoms with E-state index in [0.717, 1.165) is 0 Å². The molecule has 3 amide bonds. The first-order chi connectivity index (χ1) is 9.93. The SMILES string of the molecule is CSCCC(NC(N)=O)C(=O)NCc1ccc(C(=O)O)o1. The lowest BCUT2D eigenvalue weighted by Gasteiger charge is -2.16. The normalized spacial score (nSPS) is 11.7. The molecule has 0 aliphatic rings. The summed E-state index contributed by atoms with van der Waals surface area (Å²) in [6, 6.07) is 1.25. The van der Waals surface area contributed by atoms with Crippen molar-refractivity contribution in [2.45, 2.75) is 19.0 Å². The Hall–Kier alpha value is -2.16. The Kier molecular flexibility index (Phi) is 6.60. The molecule has 9 heteroatoms. The summed E-state index contributed by atoms with van der Waals surface area (Å²) in [6.45, 7) is 0.0301. The van der Waals surface area contributed by atoms with Crippen LogP contribution in [0, 0.1) is 0 Å². The number of carbonyl (C=O) groups excluding carboxylic acids is 2. The Labute approximate surface area is 125 Å². The van der Waals surface area contributed by atoms with Crippen molar-refractivity contribution in [2.24, 2.45) is 5.73 Å². The zero-order chi connectivity index (χ0) is 15.8. The standard InChI is InChI=1S/C12H17N3O5S/c1-21-5-4-8(15-12(13)19)10(16)14-6-7-2-3-9(20-7)11(17)18/h2-3,8H,4-6H2,1H3,(H,14,16)(H,17,18)(H3,13,15,19). The van der Waals surface area contributed by atoms with Crippen LogP contribution in [0.4, 0.5) is 4.79 Å². The fraction of sp³-hybridized carbons (Fsp3) is 0.417. The van der Waals surface area contributed by atoms with Crippen LogP contribution in [-0.2, 0) is 11.3 Å². The molecule has 0 aromatic carbocycles. The number of urea groups is 1. The van der Waals surface area contributed by atoms with E-state index in [4.69, 9.17) is 15.3 Å². The van der Waals surface area contributed by atoms with E-state index in [9.17, 15) is 14.4 Å². The van der Waals surface area contributed by atoms with Crippen molar-refractivity contribution >= 4 is 29.7 Å². The fourth-order valence-corrected chi connectivity index (χ4v) is 2.03. The van der Waals surface area contributed by atoms with Crippen molar-refractivity contribution in [1.82, 2.24) is 10.6 Å². The summed E-state index contributed by atoms with van der Waals surface area (Å²) >= 11 is 1.54. The van der Waals surface area contributed by atoms with Gasteiger partial charge in [0, 0.05) is 0 Å². The van der Waals surface area contributed by atoms with E-state index in [1.54, 1.807) is 0 Å². The van der Waals surface area contributed by atoms with Gasteiger partial charge >= 0.3 is 12.0 Å². The lowest BCUT2D eigenvalue weighted by atomic mass is 10.2. The molecule has 1 atom stereocenters. The molecule has 0 aliphatic carbocycles. The number of carboxylic acid groups (broad SMARTS) is 1. The second-order valence-corrected chi connectivity index (χ2v) is 5.12. The predicted molar refractivity (Wildman–Crippen MR) is 77.0 cm³/mol. The van der Waals surface area contributed by atoms with E-state index in [1.807, 2.05) is 6.26 Å². The van der Waals surface area contributed by atoms with E-state index < -0.39 is 23.9 Å². The van der Waals surface area contributed by atoms with Crippen LogP contribution in [-0.4, -0.2) is 41.1 Å². The van der Waals surface area contributed by atoms with Crippen LogP contribution >= 0.6 is 11.8 Å². The highest BCUT2D eigenvalue weighted by molar-refractivity contribution is 7.98. The molecule has 0 saturated carbocycles.